The Labute approximate surface area is 153 Å². The summed E-state index contributed by atoms with van der Waals surface area (Å²) in [6.07, 6.45) is 1.81. The summed E-state index contributed by atoms with van der Waals surface area (Å²) in [6, 6.07) is 15.2. The van der Waals surface area contributed by atoms with Crippen LogP contribution in [0.3, 0.4) is 0 Å². The number of hydrogen-bond acceptors (Lipinski definition) is 3. The molecule has 0 aromatic heterocycles. The number of anilines is 2. The zero-order valence-corrected chi connectivity index (χ0v) is 15.2. The van der Waals surface area contributed by atoms with Crippen LogP contribution in [-0.2, 0) is 9.59 Å². The molecule has 3 rings (SSSR count). The van der Waals surface area contributed by atoms with Crippen LogP contribution in [0.25, 0.3) is 0 Å². The van der Waals surface area contributed by atoms with Gasteiger partial charge >= 0.3 is 0 Å². The van der Waals surface area contributed by atoms with Crippen molar-refractivity contribution < 1.29 is 9.59 Å². The quantitative estimate of drug-likeness (QED) is 0.880. The second-order valence-corrected chi connectivity index (χ2v) is 6.65. The highest BCUT2D eigenvalue weighted by Crippen LogP contribution is 2.28. The first-order chi connectivity index (χ1) is 12.5. The van der Waals surface area contributed by atoms with E-state index < -0.39 is 0 Å². The summed E-state index contributed by atoms with van der Waals surface area (Å²) in [5, 5.41) is 4.42. The predicted molar refractivity (Wildman–Crippen MR) is 104 cm³/mol. The Morgan fingerprint density at radius 2 is 1.85 bits per heavy atom. The molecule has 5 nitrogen and oxygen atoms in total. The van der Waals surface area contributed by atoms with Crippen molar-refractivity contribution in [1.82, 2.24) is 5.43 Å². The van der Waals surface area contributed by atoms with Crippen molar-refractivity contribution in [3.8, 4) is 0 Å². The van der Waals surface area contributed by atoms with E-state index in [1.165, 1.54) is 5.01 Å². The van der Waals surface area contributed by atoms with E-state index in [1.807, 2.05) is 55.5 Å². The highest BCUT2D eigenvalue weighted by atomic mass is 16.2. The van der Waals surface area contributed by atoms with Gasteiger partial charge in [-0.2, -0.15) is 0 Å². The Morgan fingerprint density at radius 3 is 2.54 bits per heavy atom. The van der Waals surface area contributed by atoms with Gasteiger partial charge in [-0.1, -0.05) is 50.2 Å². The summed E-state index contributed by atoms with van der Waals surface area (Å²) < 4.78 is 0. The van der Waals surface area contributed by atoms with E-state index >= 15 is 0 Å². The Hall–Kier alpha value is -3.08. The molecular formula is C21H23N3O2. The molecule has 0 saturated carbocycles. The second-order valence-electron chi connectivity index (χ2n) is 6.65. The van der Waals surface area contributed by atoms with Gasteiger partial charge in [-0.25, -0.2) is 5.01 Å². The van der Waals surface area contributed by atoms with E-state index in [0.29, 0.717) is 17.3 Å². The van der Waals surface area contributed by atoms with Crippen LogP contribution in [0.4, 0.5) is 11.4 Å². The van der Waals surface area contributed by atoms with Gasteiger partial charge in [-0.05, 0) is 42.2 Å². The van der Waals surface area contributed by atoms with Gasteiger partial charge in [-0.3, -0.25) is 15.0 Å². The van der Waals surface area contributed by atoms with E-state index in [1.54, 1.807) is 6.08 Å². The zero-order valence-electron chi connectivity index (χ0n) is 15.2. The minimum atomic E-state index is -0.255. The number of carbonyl (C=O) groups excluding carboxylic acids is 2. The summed E-state index contributed by atoms with van der Waals surface area (Å²) in [7, 11) is 0. The summed E-state index contributed by atoms with van der Waals surface area (Å²) in [5.74, 6) is -0.0676. The number of aryl methyl sites for hydroxylation is 1. The molecule has 0 saturated heterocycles. The van der Waals surface area contributed by atoms with E-state index in [0.717, 1.165) is 16.8 Å². The third-order valence-corrected chi connectivity index (χ3v) is 4.39. The van der Waals surface area contributed by atoms with Gasteiger partial charge in [0.05, 0.1) is 5.69 Å². The summed E-state index contributed by atoms with van der Waals surface area (Å²) in [6.45, 7) is 6.17. The number of amides is 2. The smallest absolute Gasteiger partial charge is 0.273 e. The average Bonchev–Trinajstić information content (AvgIpc) is 2.64. The van der Waals surface area contributed by atoms with Crippen molar-refractivity contribution in [3.63, 3.8) is 0 Å². The van der Waals surface area contributed by atoms with Crippen molar-refractivity contribution in [2.45, 2.75) is 33.1 Å². The van der Waals surface area contributed by atoms with Crippen molar-refractivity contribution in [3.05, 3.63) is 71.4 Å². The molecule has 0 spiro atoms. The van der Waals surface area contributed by atoms with Crippen LogP contribution in [0.2, 0.25) is 0 Å². The SMILES string of the molecule is Cc1cccc(C(C)C)c1NC(=O)C1=CCC(=O)N(c2ccccc2)N1. The minimum Gasteiger partial charge on any atom is -0.320 e. The summed E-state index contributed by atoms with van der Waals surface area (Å²) in [5.41, 5.74) is 6.94. The Kier molecular flexibility index (Phi) is 5.07. The van der Waals surface area contributed by atoms with Crippen LogP contribution >= 0.6 is 0 Å². The Morgan fingerprint density at radius 1 is 1.12 bits per heavy atom. The first-order valence-electron chi connectivity index (χ1n) is 8.73. The molecule has 2 aromatic carbocycles. The van der Waals surface area contributed by atoms with Gasteiger partial charge in [0.1, 0.15) is 5.70 Å². The number of nitrogens with zero attached hydrogens (tertiary/aromatic N) is 1. The molecule has 2 aromatic rings. The van der Waals surface area contributed by atoms with Crippen LogP contribution in [0.1, 0.15) is 37.3 Å². The molecule has 0 bridgehead atoms. The molecule has 0 unspecified atom stereocenters. The fourth-order valence-corrected chi connectivity index (χ4v) is 2.96. The number of hydrogen-bond donors (Lipinski definition) is 2. The lowest BCUT2D eigenvalue weighted by Gasteiger charge is -2.29. The lowest BCUT2D eigenvalue weighted by molar-refractivity contribution is -0.119. The third kappa shape index (κ3) is 3.61. The van der Waals surface area contributed by atoms with Crippen molar-refractivity contribution in [2.75, 3.05) is 10.3 Å². The van der Waals surface area contributed by atoms with Gasteiger partial charge < -0.3 is 5.32 Å². The van der Waals surface area contributed by atoms with Crippen LogP contribution in [0, 0.1) is 6.92 Å². The lowest BCUT2D eigenvalue weighted by atomic mass is 9.98. The molecular weight excluding hydrogens is 326 g/mol. The molecule has 2 N–H and O–H groups in total. The van der Waals surface area contributed by atoms with Gasteiger partial charge in [0.15, 0.2) is 0 Å². The molecule has 2 amide bonds. The first-order valence-corrected chi connectivity index (χ1v) is 8.73. The van der Waals surface area contributed by atoms with Gasteiger partial charge in [-0.15, -0.1) is 0 Å². The standard InChI is InChI=1S/C21H23N3O2/c1-14(2)17-11-7-8-15(3)20(17)22-21(26)18-12-13-19(25)24(23-18)16-9-5-4-6-10-16/h4-12,14,23H,13H2,1-3H3,(H,22,26). The Balaban J connectivity index is 1.82. The number of benzene rings is 2. The van der Waals surface area contributed by atoms with Gasteiger partial charge in [0, 0.05) is 12.1 Å². The average molecular weight is 349 g/mol. The monoisotopic (exact) mass is 349 g/mol. The molecule has 26 heavy (non-hydrogen) atoms. The summed E-state index contributed by atoms with van der Waals surface area (Å²) in [4.78, 5) is 25.0. The van der Waals surface area contributed by atoms with E-state index in [9.17, 15) is 9.59 Å². The summed E-state index contributed by atoms with van der Waals surface area (Å²) >= 11 is 0. The maximum atomic E-state index is 12.8. The molecule has 0 atom stereocenters. The predicted octanol–water partition coefficient (Wildman–Crippen LogP) is 3.88. The van der Waals surface area contributed by atoms with Crippen LogP contribution < -0.4 is 15.8 Å². The van der Waals surface area contributed by atoms with Gasteiger partial charge in [0.2, 0.25) is 5.91 Å². The van der Waals surface area contributed by atoms with Crippen LogP contribution in [-0.4, -0.2) is 11.8 Å². The van der Waals surface area contributed by atoms with E-state index in [2.05, 4.69) is 24.6 Å². The topological polar surface area (TPSA) is 61.4 Å². The van der Waals surface area contributed by atoms with Crippen molar-refractivity contribution in [2.24, 2.45) is 0 Å². The first kappa shape index (κ1) is 17.7. The fraction of sp³-hybridized carbons (Fsp3) is 0.238. The maximum absolute atomic E-state index is 12.8. The van der Waals surface area contributed by atoms with Crippen LogP contribution in [0.5, 0.6) is 0 Å². The number of rotatable bonds is 4. The highest BCUT2D eigenvalue weighted by molar-refractivity contribution is 6.07. The van der Waals surface area contributed by atoms with Crippen LogP contribution in [0.15, 0.2) is 60.3 Å². The molecule has 0 radical (unpaired) electrons. The van der Waals surface area contributed by atoms with Crippen molar-refractivity contribution in [1.29, 1.82) is 0 Å². The lowest BCUT2D eigenvalue weighted by Crippen LogP contribution is -2.47. The van der Waals surface area contributed by atoms with E-state index in [-0.39, 0.29) is 18.2 Å². The van der Waals surface area contributed by atoms with Gasteiger partial charge in [0.25, 0.3) is 5.91 Å². The number of carbonyl (C=O) groups is 2. The second kappa shape index (κ2) is 7.44. The minimum absolute atomic E-state index is 0.105. The molecule has 1 heterocycles. The fourth-order valence-electron chi connectivity index (χ4n) is 2.96. The third-order valence-electron chi connectivity index (χ3n) is 4.39. The number of nitrogens with one attached hydrogen (secondary N) is 2. The van der Waals surface area contributed by atoms with Crippen molar-refractivity contribution >= 4 is 23.2 Å². The number of para-hydroxylation sites is 2. The Bertz CT molecular complexity index is 857. The molecule has 0 fully saturated rings. The van der Waals surface area contributed by atoms with E-state index in [4.69, 9.17) is 0 Å². The highest BCUT2D eigenvalue weighted by Gasteiger charge is 2.24. The largest absolute Gasteiger partial charge is 0.320 e. The number of hydrazine groups is 1. The molecule has 1 aliphatic rings. The molecule has 1 aliphatic heterocycles. The molecule has 134 valence electrons. The maximum Gasteiger partial charge on any atom is 0.273 e. The molecule has 5 heteroatoms. The normalized spacial score (nSPS) is 14.1. The molecule has 0 aliphatic carbocycles. The zero-order chi connectivity index (χ0) is 18.7.